The number of nitrogens with zero attached hydrogens (tertiary/aromatic N) is 1. The molecule has 2 saturated carbocycles. The van der Waals surface area contributed by atoms with E-state index in [1.54, 1.807) is 6.92 Å². The van der Waals surface area contributed by atoms with E-state index in [1.165, 1.54) is 31.5 Å². The Labute approximate surface area is 208 Å². The molecule has 1 aliphatic heterocycles. The first kappa shape index (κ1) is 25.9. The molecule has 1 aromatic rings. The van der Waals surface area contributed by atoms with Gasteiger partial charge in [0.1, 0.15) is 6.04 Å². The van der Waals surface area contributed by atoms with E-state index < -0.39 is 30.6 Å². The number of nitrogens with one attached hydrogen (secondary N) is 1. The fourth-order valence-electron chi connectivity index (χ4n) is 4.76. The lowest BCUT2D eigenvalue weighted by Gasteiger charge is -2.36. The number of benzene rings is 1. The summed E-state index contributed by atoms with van der Waals surface area (Å²) in [6, 6.07) is 2.39. The number of allylic oxidation sites excluding steroid dienone is 1. The van der Waals surface area contributed by atoms with Crippen LogP contribution < -0.4 is 14.8 Å². The van der Waals surface area contributed by atoms with E-state index in [0.717, 1.165) is 43.4 Å². The van der Waals surface area contributed by atoms with Crippen molar-refractivity contribution < 1.29 is 37.4 Å². The molecule has 0 spiro atoms. The van der Waals surface area contributed by atoms with Gasteiger partial charge >= 0.3 is 18.6 Å². The summed E-state index contributed by atoms with van der Waals surface area (Å²) in [5.74, 6) is -0.710. The zero-order valence-electron chi connectivity index (χ0n) is 20.6. The van der Waals surface area contributed by atoms with Crippen molar-refractivity contribution in [3.63, 3.8) is 0 Å². The summed E-state index contributed by atoms with van der Waals surface area (Å²) in [6.07, 6.45) is 7.31. The molecule has 2 fully saturated rings. The lowest BCUT2D eigenvalue weighted by Crippen LogP contribution is -2.50. The number of imide groups is 1. The van der Waals surface area contributed by atoms with Crippen LogP contribution in [0.25, 0.3) is 0 Å². The third-order valence-electron chi connectivity index (χ3n) is 6.85. The van der Waals surface area contributed by atoms with E-state index in [0.29, 0.717) is 18.1 Å². The molecule has 36 heavy (non-hydrogen) atoms. The van der Waals surface area contributed by atoms with Crippen molar-refractivity contribution in [2.24, 2.45) is 11.8 Å². The van der Waals surface area contributed by atoms with Crippen LogP contribution in [0.2, 0.25) is 0 Å². The van der Waals surface area contributed by atoms with Crippen molar-refractivity contribution in [3.8, 4) is 11.5 Å². The second-order valence-corrected chi connectivity index (χ2v) is 9.70. The van der Waals surface area contributed by atoms with Gasteiger partial charge in [0.15, 0.2) is 11.5 Å². The van der Waals surface area contributed by atoms with Crippen LogP contribution in [0.5, 0.6) is 11.5 Å². The van der Waals surface area contributed by atoms with Crippen LogP contribution >= 0.6 is 0 Å². The molecule has 0 bridgehead atoms. The molecular formula is C26H32F2N2O6. The number of carbonyl (C=O) groups is 3. The molecular weight excluding hydrogens is 474 g/mol. The Kier molecular flexibility index (Phi) is 8.11. The van der Waals surface area contributed by atoms with Gasteiger partial charge in [0.25, 0.3) is 0 Å². The highest BCUT2D eigenvalue weighted by molar-refractivity contribution is 6.01. The normalized spacial score (nSPS) is 20.9. The first-order valence-corrected chi connectivity index (χ1v) is 12.4. The van der Waals surface area contributed by atoms with E-state index >= 15 is 0 Å². The zero-order valence-corrected chi connectivity index (χ0v) is 20.6. The lowest BCUT2D eigenvalue weighted by atomic mass is 9.90. The molecule has 3 aliphatic rings. The average molecular weight is 507 g/mol. The van der Waals surface area contributed by atoms with Crippen LogP contribution in [0.15, 0.2) is 29.5 Å². The Balaban J connectivity index is 1.67. The van der Waals surface area contributed by atoms with Gasteiger partial charge in [0, 0.05) is 12.6 Å². The highest BCUT2D eigenvalue weighted by Crippen LogP contribution is 2.40. The number of alkyl halides is 2. The fourth-order valence-corrected chi connectivity index (χ4v) is 4.76. The average Bonchev–Trinajstić information content (AvgIpc) is 3.66. The summed E-state index contributed by atoms with van der Waals surface area (Å²) in [6.45, 7) is 0.319. The molecule has 10 heteroatoms. The standard InChI is InChI=1S/C26H32F2N2O6/c1-15-22(24(32)35-14-17-6-4-3-5-7-17)23(30(16(2)31)26(33)29-15)19-10-11-20(36-25(27)28)21(12-19)34-13-18-8-9-18/h10-12,17-18,23,25H,3-9,13-14H2,1-2H3,(H,29,33). The number of hydrogen-bond acceptors (Lipinski definition) is 6. The van der Waals surface area contributed by atoms with E-state index in [-0.39, 0.29) is 35.3 Å². The van der Waals surface area contributed by atoms with Gasteiger partial charge in [-0.05, 0) is 62.1 Å². The van der Waals surface area contributed by atoms with Gasteiger partial charge in [-0.2, -0.15) is 8.78 Å². The van der Waals surface area contributed by atoms with E-state index in [4.69, 9.17) is 9.47 Å². The molecule has 1 heterocycles. The third-order valence-corrected chi connectivity index (χ3v) is 6.85. The van der Waals surface area contributed by atoms with E-state index in [2.05, 4.69) is 10.1 Å². The SMILES string of the molecule is CC(=O)N1C(=O)NC(C)=C(C(=O)OCC2CCCCC2)C1c1ccc(OC(F)F)c(OCC2CC2)c1. The van der Waals surface area contributed by atoms with Crippen molar-refractivity contribution in [3.05, 3.63) is 35.0 Å². The highest BCUT2D eigenvalue weighted by atomic mass is 19.3. The molecule has 196 valence electrons. The summed E-state index contributed by atoms with van der Waals surface area (Å²) in [4.78, 5) is 39.5. The Morgan fingerprint density at radius 1 is 1.06 bits per heavy atom. The van der Waals surface area contributed by atoms with Crippen LogP contribution in [0.4, 0.5) is 13.6 Å². The highest BCUT2D eigenvalue weighted by Gasteiger charge is 2.41. The Morgan fingerprint density at radius 2 is 1.75 bits per heavy atom. The molecule has 0 saturated heterocycles. The number of ether oxygens (including phenoxy) is 3. The van der Waals surface area contributed by atoms with Gasteiger partial charge in [0.05, 0.1) is 18.8 Å². The molecule has 1 unspecified atom stereocenters. The number of carbonyl (C=O) groups excluding carboxylic acids is 3. The molecule has 1 aromatic carbocycles. The molecule has 1 atom stereocenters. The Morgan fingerprint density at radius 3 is 2.39 bits per heavy atom. The predicted molar refractivity (Wildman–Crippen MR) is 125 cm³/mol. The van der Waals surface area contributed by atoms with Gasteiger partial charge < -0.3 is 19.5 Å². The molecule has 8 nitrogen and oxygen atoms in total. The first-order valence-electron chi connectivity index (χ1n) is 12.4. The van der Waals surface area contributed by atoms with Crippen molar-refractivity contribution in [1.82, 2.24) is 10.2 Å². The Hall–Kier alpha value is -3.17. The van der Waals surface area contributed by atoms with Crippen molar-refractivity contribution in [1.29, 1.82) is 0 Å². The maximum atomic E-state index is 13.3. The van der Waals surface area contributed by atoms with Gasteiger partial charge in [-0.25, -0.2) is 9.59 Å². The van der Waals surface area contributed by atoms with Crippen LogP contribution in [0.1, 0.15) is 70.4 Å². The monoisotopic (exact) mass is 506 g/mol. The molecule has 2 aliphatic carbocycles. The number of hydrogen-bond donors (Lipinski definition) is 1. The second-order valence-electron chi connectivity index (χ2n) is 9.70. The Bertz CT molecular complexity index is 1030. The number of urea groups is 1. The van der Waals surface area contributed by atoms with Crippen LogP contribution in [0.3, 0.4) is 0 Å². The fraction of sp³-hybridized carbons (Fsp3) is 0.577. The van der Waals surface area contributed by atoms with Gasteiger partial charge in [-0.3, -0.25) is 9.69 Å². The quantitative estimate of drug-likeness (QED) is 0.469. The van der Waals surface area contributed by atoms with Gasteiger partial charge in [-0.1, -0.05) is 25.3 Å². The number of amides is 3. The number of esters is 1. The minimum Gasteiger partial charge on any atom is -0.489 e. The summed E-state index contributed by atoms with van der Waals surface area (Å²) < 4.78 is 42.0. The van der Waals surface area contributed by atoms with Crippen molar-refractivity contribution in [2.45, 2.75) is 71.4 Å². The van der Waals surface area contributed by atoms with E-state index in [9.17, 15) is 23.2 Å². The van der Waals surface area contributed by atoms with Crippen LogP contribution in [-0.2, 0) is 14.3 Å². The molecule has 3 amide bonds. The number of halogens is 2. The first-order chi connectivity index (χ1) is 17.2. The third kappa shape index (κ3) is 6.14. The van der Waals surface area contributed by atoms with Crippen molar-refractivity contribution in [2.75, 3.05) is 13.2 Å². The second kappa shape index (κ2) is 11.3. The molecule has 0 aromatic heterocycles. The maximum absolute atomic E-state index is 13.3. The summed E-state index contributed by atoms with van der Waals surface area (Å²) in [7, 11) is 0. The topological polar surface area (TPSA) is 94.2 Å². The molecule has 0 radical (unpaired) electrons. The van der Waals surface area contributed by atoms with Crippen molar-refractivity contribution >= 4 is 17.9 Å². The largest absolute Gasteiger partial charge is 0.489 e. The summed E-state index contributed by atoms with van der Waals surface area (Å²) >= 11 is 0. The molecule has 1 N–H and O–H groups in total. The lowest BCUT2D eigenvalue weighted by molar-refractivity contribution is -0.142. The molecule has 4 rings (SSSR count). The smallest absolute Gasteiger partial charge is 0.387 e. The van der Waals surface area contributed by atoms with E-state index in [1.807, 2.05) is 0 Å². The summed E-state index contributed by atoms with van der Waals surface area (Å²) in [5.41, 5.74) is 0.720. The zero-order chi connectivity index (χ0) is 25.8. The van der Waals surface area contributed by atoms with Gasteiger partial charge in [0.2, 0.25) is 5.91 Å². The summed E-state index contributed by atoms with van der Waals surface area (Å²) in [5, 5.41) is 2.57. The van der Waals surface area contributed by atoms with Crippen LogP contribution in [0, 0.1) is 11.8 Å². The minimum absolute atomic E-state index is 0.0572. The van der Waals surface area contributed by atoms with Gasteiger partial charge in [-0.15, -0.1) is 0 Å². The van der Waals surface area contributed by atoms with Crippen LogP contribution in [-0.4, -0.2) is 42.6 Å². The minimum atomic E-state index is -3.05. The predicted octanol–water partition coefficient (Wildman–Crippen LogP) is 5.09. The maximum Gasteiger partial charge on any atom is 0.387 e. The number of rotatable bonds is 9.